The van der Waals surface area contributed by atoms with Crippen LogP contribution in [0.25, 0.3) is 0 Å². The molecule has 0 fully saturated rings. The molecule has 124 valence electrons. The van der Waals surface area contributed by atoms with Crippen LogP contribution in [0.15, 0.2) is 48.5 Å². The molecule has 0 aliphatic heterocycles. The van der Waals surface area contributed by atoms with Gasteiger partial charge in [-0.2, -0.15) is 0 Å². The Labute approximate surface area is 140 Å². The van der Waals surface area contributed by atoms with Crippen LogP contribution in [0.3, 0.4) is 0 Å². The molecule has 0 saturated heterocycles. The van der Waals surface area contributed by atoms with Crippen molar-refractivity contribution >= 4 is 29.1 Å². The fourth-order valence-electron chi connectivity index (χ4n) is 2.01. The normalized spacial score (nSPS) is 9.92. The maximum Gasteiger partial charge on any atom is 0.251 e. The van der Waals surface area contributed by atoms with Crippen molar-refractivity contribution in [1.29, 1.82) is 0 Å². The molecule has 2 aromatic carbocycles. The van der Waals surface area contributed by atoms with E-state index in [4.69, 9.17) is 0 Å². The van der Waals surface area contributed by atoms with Gasteiger partial charge in [0.2, 0.25) is 11.8 Å². The number of hydrogen-bond donors (Lipinski definition) is 3. The summed E-state index contributed by atoms with van der Waals surface area (Å²) in [5, 5.41) is 7.88. The maximum absolute atomic E-state index is 11.9. The van der Waals surface area contributed by atoms with Gasteiger partial charge in [-0.3, -0.25) is 14.4 Å². The van der Waals surface area contributed by atoms with Gasteiger partial charge in [0.1, 0.15) is 0 Å². The lowest BCUT2D eigenvalue weighted by molar-refractivity contribution is -0.115. The molecule has 0 spiro atoms. The Kier molecular flexibility index (Phi) is 5.68. The zero-order valence-corrected chi connectivity index (χ0v) is 13.6. The van der Waals surface area contributed by atoms with Crippen LogP contribution in [0.2, 0.25) is 0 Å². The molecule has 0 unspecified atom stereocenters. The second-order valence-electron chi connectivity index (χ2n) is 5.36. The fraction of sp³-hybridized carbons (Fsp3) is 0.167. The quantitative estimate of drug-likeness (QED) is 0.788. The summed E-state index contributed by atoms with van der Waals surface area (Å²) in [5.41, 5.74) is 2.80. The van der Waals surface area contributed by atoms with Gasteiger partial charge < -0.3 is 16.0 Å². The Morgan fingerprint density at radius 1 is 0.833 bits per heavy atom. The van der Waals surface area contributed by atoms with Gasteiger partial charge in [-0.25, -0.2) is 0 Å². The molecule has 2 rings (SSSR count). The molecule has 6 heteroatoms. The van der Waals surface area contributed by atoms with Gasteiger partial charge in [-0.15, -0.1) is 0 Å². The van der Waals surface area contributed by atoms with Gasteiger partial charge in [0, 0.05) is 23.9 Å². The molecule has 6 nitrogen and oxygen atoms in total. The van der Waals surface area contributed by atoms with Crippen LogP contribution >= 0.6 is 0 Å². The van der Waals surface area contributed by atoms with E-state index in [0.717, 1.165) is 5.56 Å². The van der Waals surface area contributed by atoms with Crippen molar-refractivity contribution in [3.8, 4) is 0 Å². The number of anilines is 2. The number of rotatable bonds is 5. The van der Waals surface area contributed by atoms with Crippen molar-refractivity contribution in [2.24, 2.45) is 0 Å². The zero-order chi connectivity index (χ0) is 17.5. The molecule has 0 aliphatic carbocycles. The SMILES string of the molecule is CC(=O)Nc1ccc(NC(=O)CNC(=O)c2ccc(C)cc2)cc1. The smallest absolute Gasteiger partial charge is 0.251 e. The topological polar surface area (TPSA) is 87.3 Å². The Hall–Kier alpha value is -3.15. The standard InChI is InChI=1S/C18H19N3O3/c1-12-3-5-14(6-4-12)18(24)19-11-17(23)21-16-9-7-15(8-10-16)20-13(2)22/h3-10H,11H2,1-2H3,(H,19,24)(H,20,22)(H,21,23). The lowest BCUT2D eigenvalue weighted by Gasteiger charge is -2.08. The summed E-state index contributed by atoms with van der Waals surface area (Å²) < 4.78 is 0. The Bertz CT molecular complexity index is 737. The first-order chi connectivity index (χ1) is 11.4. The van der Waals surface area contributed by atoms with E-state index >= 15 is 0 Å². The fourth-order valence-corrected chi connectivity index (χ4v) is 2.01. The third-order valence-electron chi connectivity index (χ3n) is 3.21. The molecule has 24 heavy (non-hydrogen) atoms. The second-order valence-corrected chi connectivity index (χ2v) is 5.36. The lowest BCUT2D eigenvalue weighted by Crippen LogP contribution is -2.32. The van der Waals surface area contributed by atoms with Gasteiger partial charge in [0.15, 0.2) is 0 Å². The molecule has 0 heterocycles. The number of nitrogens with one attached hydrogen (secondary N) is 3. The van der Waals surface area contributed by atoms with E-state index in [0.29, 0.717) is 16.9 Å². The van der Waals surface area contributed by atoms with E-state index < -0.39 is 0 Å². The minimum atomic E-state index is -0.331. The highest BCUT2D eigenvalue weighted by Gasteiger charge is 2.08. The van der Waals surface area contributed by atoms with Crippen molar-refractivity contribution < 1.29 is 14.4 Å². The third kappa shape index (κ3) is 5.24. The average molecular weight is 325 g/mol. The highest BCUT2D eigenvalue weighted by atomic mass is 16.2. The molecule has 0 atom stereocenters. The first kappa shape index (κ1) is 17.2. The summed E-state index contributed by atoms with van der Waals surface area (Å²) in [6.07, 6.45) is 0. The van der Waals surface area contributed by atoms with E-state index in [-0.39, 0.29) is 24.3 Å². The number of carbonyl (C=O) groups excluding carboxylic acids is 3. The second kappa shape index (κ2) is 7.92. The van der Waals surface area contributed by atoms with Crippen LogP contribution in [-0.4, -0.2) is 24.3 Å². The molecular weight excluding hydrogens is 306 g/mol. The van der Waals surface area contributed by atoms with Crippen molar-refractivity contribution in [2.45, 2.75) is 13.8 Å². The molecule has 0 aliphatic rings. The molecular formula is C18H19N3O3. The Balaban J connectivity index is 1.83. The Morgan fingerprint density at radius 2 is 1.38 bits per heavy atom. The van der Waals surface area contributed by atoms with E-state index in [1.54, 1.807) is 36.4 Å². The highest BCUT2D eigenvalue weighted by Crippen LogP contribution is 2.13. The van der Waals surface area contributed by atoms with Crippen LogP contribution in [-0.2, 0) is 9.59 Å². The minimum absolute atomic E-state index is 0.125. The van der Waals surface area contributed by atoms with Gasteiger partial charge in [-0.05, 0) is 43.3 Å². The van der Waals surface area contributed by atoms with Gasteiger partial charge in [0.25, 0.3) is 5.91 Å². The van der Waals surface area contributed by atoms with Crippen molar-refractivity contribution in [3.63, 3.8) is 0 Å². The Morgan fingerprint density at radius 3 is 1.92 bits per heavy atom. The summed E-state index contributed by atoms with van der Waals surface area (Å²) in [5.74, 6) is -0.792. The van der Waals surface area contributed by atoms with Gasteiger partial charge in [0.05, 0.1) is 6.54 Å². The van der Waals surface area contributed by atoms with Crippen LogP contribution in [0.4, 0.5) is 11.4 Å². The largest absolute Gasteiger partial charge is 0.343 e. The molecule has 3 amide bonds. The zero-order valence-electron chi connectivity index (χ0n) is 13.6. The van der Waals surface area contributed by atoms with Crippen LogP contribution < -0.4 is 16.0 Å². The highest BCUT2D eigenvalue weighted by molar-refractivity contribution is 5.99. The maximum atomic E-state index is 11.9. The summed E-state index contributed by atoms with van der Waals surface area (Å²) in [7, 11) is 0. The van der Waals surface area contributed by atoms with E-state index in [1.165, 1.54) is 6.92 Å². The molecule has 0 bridgehead atoms. The average Bonchev–Trinajstić information content (AvgIpc) is 2.54. The van der Waals surface area contributed by atoms with Gasteiger partial charge in [-0.1, -0.05) is 17.7 Å². The molecule has 0 saturated carbocycles. The third-order valence-corrected chi connectivity index (χ3v) is 3.21. The van der Waals surface area contributed by atoms with Crippen molar-refractivity contribution in [3.05, 3.63) is 59.7 Å². The number of amides is 3. The summed E-state index contributed by atoms with van der Waals surface area (Å²) >= 11 is 0. The molecule has 2 aromatic rings. The van der Waals surface area contributed by atoms with Crippen molar-refractivity contribution in [2.75, 3.05) is 17.2 Å². The number of aryl methyl sites for hydroxylation is 1. The molecule has 0 radical (unpaired) electrons. The van der Waals surface area contributed by atoms with Crippen LogP contribution in [0.5, 0.6) is 0 Å². The first-order valence-electron chi connectivity index (χ1n) is 7.46. The first-order valence-corrected chi connectivity index (χ1v) is 7.46. The van der Waals surface area contributed by atoms with Crippen LogP contribution in [0, 0.1) is 6.92 Å². The van der Waals surface area contributed by atoms with Crippen molar-refractivity contribution in [1.82, 2.24) is 5.32 Å². The van der Waals surface area contributed by atoms with Gasteiger partial charge >= 0.3 is 0 Å². The molecule has 0 aromatic heterocycles. The summed E-state index contributed by atoms with van der Waals surface area (Å²) in [6, 6.07) is 13.8. The molecule has 3 N–H and O–H groups in total. The number of hydrogen-bond acceptors (Lipinski definition) is 3. The predicted molar refractivity (Wildman–Crippen MR) is 92.9 cm³/mol. The number of benzene rings is 2. The number of carbonyl (C=O) groups is 3. The summed E-state index contributed by atoms with van der Waals surface area (Å²) in [4.78, 5) is 34.7. The van der Waals surface area contributed by atoms with E-state index in [2.05, 4.69) is 16.0 Å². The monoisotopic (exact) mass is 325 g/mol. The lowest BCUT2D eigenvalue weighted by atomic mass is 10.1. The summed E-state index contributed by atoms with van der Waals surface area (Å²) in [6.45, 7) is 3.24. The van der Waals surface area contributed by atoms with Crippen LogP contribution in [0.1, 0.15) is 22.8 Å². The van der Waals surface area contributed by atoms with E-state index in [9.17, 15) is 14.4 Å². The van der Waals surface area contributed by atoms with E-state index in [1.807, 2.05) is 19.1 Å². The minimum Gasteiger partial charge on any atom is -0.343 e. The predicted octanol–water partition coefficient (Wildman–Crippen LogP) is 2.32.